The number of anilines is 1. The minimum atomic E-state index is 0.951. The molecule has 4 heteroatoms. The van der Waals surface area contributed by atoms with Crippen LogP contribution in [0.25, 0.3) is 10.2 Å². The summed E-state index contributed by atoms with van der Waals surface area (Å²) in [4.78, 5) is 4.53. The van der Waals surface area contributed by atoms with Gasteiger partial charge in [0.05, 0.1) is 15.9 Å². The number of nitrogens with zero attached hydrogens (tertiary/aromatic N) is 1. The first-order valence-electron chi connectivity index (χ1n) is 4.61. The first kappa shape index (κ1) is 9.43. The third kappa shape index (κ3) is 1.27. The van der Waals surface area contributed by atoms with Crippen LogP contribution in [0, 0.1) is 6.92 Å². The van der Waals surface area contributed by atoms with E-state index in [0.29, 0.717) is 0 Å². The molecule has 0 saturated carbocycles. The van der Waals surface area contributed by atoms with Crippen molar-refractivity contribution in [2.75, 3.05) is 5.43 Å². The normalized spacial score (nSPS) is 10.8. The van der Waals surface area contributed by atoms with Gasteiger partial charge in [-0.25, -0.2) is 0 Å². The van der Waals surface area contributed by atoms with Gasteiger partial charge in [0.15, 0.2) is 0 Å². The molecule has 0 aromatic carbocycles. The fraction of sp³-hybridized carbons (Fsp3) is 0.300. The molecule has 74 valence electrons. The molecule has 0 unspecified atom stereocenters. The molecule has 14 heavy (non-hydrogen) atoms. The second kappa shape index (κ2) is 3.55. The number of hydrogen-bond donors (Lipinski definition) is 2. The minimum Gasteiger partial charge on any atom is -0.322 e. The van der Waals surface area contributed by atoms with Gasteiger partial charge in [0, 0.05) is 5.69 Å². The Bertz CT molecular complexity index is 462. The Morgan fingerprint density at radius 3 is 3.00 bits per heavy atom. The van der Waals surface area contributed by atoms with E-state index in [1.807, 2.05) is 18.4 Å². The maximum Gasteiger partial charge on any atom is 0.0834 e. The fourth-order valence-electron chi connectivity index (χ4n) is 1.73. The van der Waals surface area contributed by atoms with Crippen molar-refractivity contribution in [1.82, 2.24) is 4.98 Å². The number of fused-ring (bicyclic) bond motifs is 1. The second-order valence-corrected chi connectivity index (χ2v) is 4.10. The summed E-state index contributed by atoms with van der Waals surface area (Å²) in [6.45, 7) is 4.14. The van der Waals surface area contributed by atoms with E-state index >= 15 is 0 Å². The largest absolute Gasteiger partial charge is 0.322 e. The zero-order chi connectivity index (χ0) is 10.1. The monoisotopic (exact) mass is 207 g/mol. The summed E-state index contributed by atoms with van der Waals surface area (Å²) in [5.74, 6) is 5.55. The molecular formula is C10H13N3S. The van der Waals surface area contributed by atoms with E-state index in [-0.39, 0.29) is 0 Å². The molecule has 2 rings (SSSR count). The fourth-order valence-corrected chi connectivity index (χ4v) is 2.60. The van der Waals surface area contributed by atoms with Crippen LogP contribution in [0.15, 0.2) is 11.4 Å². The topological polar surface area (TPSA) is 50.9 Å². The molecule has 0 bridgehead atoms. The second-order valence-electron chi connectivity index (χ2n) is 3.18. The molecule has 3 N–H and O–H groups in total. The van der Waals surface area contributed by atoms with E-state index in [1.165, 1.54) is 5.56 Å². The predicted octanol–water partition coefficient (Wildman–Crippen LogP) is 2.45. The van der Waals surface area contributed by atoms with Gasteiger partial charge in [-0.3, -0.25) is 10.8 Å². The molecule has 0 fully saturated rings. The third-order valence-corrected chi connectivity index (χ3v) is 3.32. The number of hydrogen-bond acceptors (Lipinski definition) is 4. The highest BCUT2D eigenvalue weighted by molar-refractivity contribution is 7.17. The van der Waals surface area contributed by atoms with Gasteiger partial charge >= 0.3 is 0 Å². The van der Waals surface area contributed by atoms with Gasteiger partial charge < -0.3 is 5.43 Å². The number of nitrogens with two attached hydrogens (primary N) is 1. The van der Waals surface area contributed by atoms with Crippen LogP contribution in [0.1, 0.15) is 18.2 Å². The highest BCUT2D eigenvalue weighted by Gasteiger charge is 2.10. The molecule has 0 aliphatic rings. The lowest BCUT2D eigenvalue weighted by Crippen LogP contribution is -2.10. The molecule has 0 radical (unpaired) electrons. The van der Waals surface area contributed by atoms with Crippen molar-refractivity contribution in [3.63, 3.8) is 0 Å². The van der Waals surface area contributed by atoms with E-state index in [1.54, 1.807) is 11.3 Å². The first-order valence-corrected chi connectivity index (χ1v) is 5.49. The predicted molar refractivity (Wildman–Crippen MR) is 61.5 cm³/mol. The van der Waals surface area contributed by atoms with Crippen molar-refractivity contribution in [1.29, 1.82) is 0 Å². The van der Waals surface area contributed by atoms with Crippen molar-refractivity contribution in [3.8, 4) is 0 Å². The Morgan fingerprint density at radius 1 is 1.57 bits per heavy atom. The number of thiophene rings is 1. The Balaban J connectivity index is 2.82. The van der Waals surface area contributed by atoms with Crippen molar-refractivity contribution in [2.45, 2.75) is 20.3 Å². The summed E-state index contributed by atoms with van der Waals surface area (Å²) in [6, 6.07) is 2.02. The lowest BCUT2D eigenvalue weighted by molar-refractivity contribution is 1.06. The Morgan fingerprint density at radius 2 is 2.36 bits per heavy atom. The highest BCUT2D eigenvalue weighted by atomic mass is 32.1. The summed E-state index contributed by atoms with van der Waals surface area (Å²) in [7, 11) is 0. The average Bonchev–Trinajstić information content (AvgIpc) is 2.62. The van der Waals surface area contributed by atoms with Crippen molar-refractivity contribution < 1.29 is 0 Å². The van der Waals surface area contributed by atoms with Gasteiger partial charge in [0.1, 0.15) is 0 Å². The molecule has 2 heterocycles. The molecule has 0 aliphatic carbocycles. The molecule has 0 atom stereocenters. The van der Waals surface area contributed by atoms with E-state index in [9.17, 15) is 0 Å². The van der Waals surface area contributed by atoms with Crippen LogP contribution in [-0.2, 0) is 6.42 Å². The van der Waals surface area contributed by atoms with Crippen LogP contribution in [0.4, 0.5) is 5.69 Å². The van der Waals surface area contributed by atoms with Crippen molar-refractivity contribution >= 4 is 27.2 Å². The number of aromatic nitrogens is 1. The molecule has 2 aromatic rings. The summed E-state index contributed by atoms with van der Waals surface area (Å²) in [6.07, 6.45) is 0.951. The van der Waals surface area contributed by atoms with E-state index in [0.717, 1.165) is 28.0 Å². The third-order valence-electron chi connectivity index (χ3n) is 2.40. The lowest BCUT2D eigenvalue weighted by atomic mass is 10.1. The number of aryl methyl sites for hydroxylation is 1. The van der Waals surface area contributed by atoms with Crippen molar-refractivity contribution in [2.24, 2.45) is 5.84 Å². The Hall–Kier alpha value is -1.13. The molecule has 0 aliphatic heterocycles. The summed E-state index contributed by atoms with van der Waals surface area (Å²) >= 11 is 1.67. The molecule has 0 spiro atoms. The van der Waals surface area contributed by atoms with Crippen LogP contribution in [-0.4, -0.2) is 4.98 Å². The van der Waals surface area contributed by atoms with E-state index in [4.69, 9.17) is 5.84 Å². The van der Waals surface area contributed by atoms with Crippen LogP contribution in [0.2, 0.25) is 0 Å². The smallest absolute Gasteiger partial charge is 0.0834 e. The average molecular weight is 207 g/mol. The lowest BCUT2D eigenvalue weighted by Gasteiger charge is -2.10. The summed E-state index contributed by atoms with van der Waals surface area (Å²) in [5, 5.41) is 2.04. The molecule has 3 nitrogen and oxygen atoms in total. The Labute approximate surface area is 86.9 Å². The molecular weight excluding hydrogens is 194 g/mol. The van der Waals surface area contributed by atoms with Gasteiger partial charge in [0.2, 0.25) is 0 Å². The quantitative estimate of drug-likeness (QED) is 0.587. The highest BCUT2D eigenvalue weighted by Crippen LogP contribution is 2.31. The van der Waals surface area contributed by atoms with Crippen LogP contribution < -0.4 is 11.3 Å². The number of hydrazine groups is 1. The van der Waals surface area contributed by atoms with Gasteiger partial charge in [-0.15, -0.1) is 11.3 Å². The maximum absolute atomic E-state index is 5.55. The zero-order valence-corrected chi connectivity index (χ0v) is 9.11. The van der Waals surface area contributed by atoms with Crippen LogP contribution in [0.3, 0.4) is 0 Å². The van der Waals surface area contributed by atoms with Gasteiger partial charge in [-0.1, -0.05) is 6.92 Å². The summed E-state index contributed by atoms with van der Waals surface area (Å²) < 4.78 is 1.15. The summed E-state index contributed by atoms with van der Waals surface area (Å²) in [5.41, 5.74) is 7.12. The number of nitrogens with one attached hydrogen (secondary N) is 1. The molecule has 2 aromatic heterocycles. The minimum absolute atomic E-state index is 0.951. The Kier molecular flexibility index (Phi) is 2.39. The van der Waals surface area contributed by atoms with E-state index in [2.05, 4.69) is 17.3 Å². The standard InChI is InChI=1S/C10H13N3S/c1-3-7-6(2)12-8-4-5-14-10(8)9(7)13-11/h4-5H,3,11H2,1-2H3,(H,12,13). The number of pyridine rings is 1. The molecule has 0 saturated heterocycles. The van der Waals surface area contributed by atoms with Gasteiger partial charge in [-0.2, -0.15) is 0 Å². The van der Waals surface area contributed by atoms with Gasteiger partial charge in [0.25, 0.3) is 0 Å². The van der Waals surface area contributed by atoms with Crippen molar-refractivity contribution in [3.05, 3.63) is 22.7 Å². The SMILES string of the molecule is CCc1c(C)nc2ccsc2c1NN. The maximum atomic E-state index is 5.55. The zero-order valence-electron chi connectivity index (χ0n) is 8.29. The van der Waals surface area contributed by atoms with Crippen LogP contribution in [0.5, 0.6) is 0 Å². The first-order chi connectivity index (χ1) is 6.77. The van der Waals surface area contributed by atoms with Crippen LogP contribution >= 0.6 is 11.3 Å². The molecule has 0 amide bonds. The van der Waals surface area contributed by atoms with Gasteiger partial charge in [-0.05, 0) is 30.4 Å². The number of rotatable bonds is 2. The number of nitrogen functional groups attached to an aromatic ring is 1. The van der Waals surface area contributed by atoms with E-state index < -0.39 is 0 Å².